The van der Waals surface area contributed by atoms with Crippen LogP contribution in [0.5, 0.6) is 17.2 Å². The molecule has 1 heterocycles. The number of hydrogen-bond donors (Lipinski definition) is 0. The van der Waals surface area contributed by atoms with Gasteiger partial charge in [0.05, 0.1) is 21.3 Å². The molecule has 0 aliphatic rings. The van der Waals surface area contributed by atoms with Crippen molar-refractivity contribution < 1.29 is 19.0 Å². The number of rotatable bonds is 10. The summed E-state index contributed by atoms with van der Waals surface area (Å²) < 4.78 is 16.9. The van der Waals surface area contributed by atoms with Gasteiger partial charge < -0.3 is 14.2 Å². The number of ether oxygens (including phenoxy) is 3. The largest absolute Gasteiger partial charge is 0.493 e. The zero-order chi connectivity index (χ0) is 24.6. The quantitative estimate of drug-likeness (QED) is 0.261. The first kappa shape index (κ1) is 24.0. The number of carbonyl (C=O) groups excluding carboxylic acids is 1. The molecule has 4 aromatic rings. The lowest BCUT2D eigenvalue weighted by molar-refractivity contribution is 0.103. The molecule has 1 aromatic heterocycles. The molecule has 3 aromatic carbocycles. The van der Waals surface area contributed by atoms with Crippen LogP contribution < -0.4 is 14.2 Å². The van der Waals surface area contributed by atoms with Crippen molar-refractivity contribution in [2.24, 2.45) is 0 Å². The lowest BCUT2D eigenvalue weighted by Crippen LogP contribution is -2.10. The highest BCUT2D eigenvalue weighted by atomic mass is 16.5. The average molecular weight is 468 g/mol. The second kappa shape index (κ2) is 11.3. The van der Waals surface area contributed by atoms with E-state index < -0.39 is 0 Å². The van der Waals surface area contributed by atoms with Gasteiger partial charge in [0.25, 0.3) is 0 Å². The van der Waals surface area contributed by atoms with E-state index in [1.807, 2.05) is 42.5 Å². The van der Waals surface area contributed by atoms with E-state index in [1.165, 1.54) is 5.56 Å². The molecule has 0 saturated carbocycles. The Balaban J connectivity index is 1.77. The van der Waals surface area contributed by atoms with Crippen LogP contribution in [0.25, 0.3) is 11.1 Å². The fourth-order valence-corrected chi connectivity index (χ4v) is 4.37. The molecule has 0 amide bonds. The normalized spacial score (nSPS) is 10.6. The number of hydrogen-bond acceptors (Lipinski definition) is 5. The molecule has 0 saturated heterocycles. The first-order valence-electron chi connectivity index (χ1n) is 11.6. The SMILES string of the molecule is COc1cc(C(=O)c2ccccc2CCCc2ccccc2)c(-c2cccnc2)c(OC)c1OC. The predicted octanol–water partition coefficient (Wildman–Crippen LogP) is 6.18. The van der Waals surface area contributed by atoms with Crippen molar-refractivity contribution in [1.82, 2.24) is 4.98 Å². The van der Waals surface area contributed by atoms with Crippen LogP contribution in [0, 0.1) is 0 Å². The van der Waals surface area contributed by atoms with E-state index in [0.717, 1.165) is 30.4 Å². The number of ketones is 1. The van der Waals surface area contributed by atoms with Crippen molar-refractivity contribution in [1.29, 1.82) is 0 Å². The van der Waals surface area contributed by atoms with Gasteiger partial charge in [-0.1, -0.05) is 60.7 Å². The fourth-order valence-electron chi connectivity index (χ4n) is 4.37. The van der Waals surface area contributed by atoms with Gasteiger partial charge in [0.2, 0.25) is 5.75 Å². The summed E-state index contributed by atoms with van der Waals surface area (Å²) >= 11 is 0. The molecule has 0 N–H and O–H groups in total. The van der Waals surface area contributed by atoms with Crippen molar-refractivity contribution in [3.8, 4) is 28.4 Å². The molecule has 0 fully saturated rings. The van der Waals surface area contributed by atoms with Gasteiger partial charge in [-0.3, -0.25) is 9.78 Å². The Morgan fingerprint density at radius 2 is 1.51 bits per heavy atom. The lowest BCUT2D eigenvalue weighted by atomic mass is 9.89. The molecule has 5 heteroatoms. The Labute approximate surface area is 206 Å². The third-order valence-corrected chi connectivity index (χ3v) is 6.04. The molecule has 0 bridgehead atoms. The van der Waals surface area contributed by atoms with Gasteiger partial charge in [0.1, 0.15) is 0 Å². The predicted molar refractivity (Wildman–Crippen MR) is 138 cm³/mol. The molecule has 4 rings (SSSR count). The summed E-state index contributed by atoms with van der Waals surface area (Å²) in [5.41, 5.74) is 4.83. The van der Waals surface area contributed by atoms with Crippen molar-refractivity contribution in [3.05, 3.63) is 107 Å². The average Bonchev–Trinajstić information content (AvgIpc) is 2.92. The summed E-state index contributed by atoms with van der Waals surface area (Å²) in [7, 11) is 4.66. The summed E-state index contributed by atoms with van der Waals surface area (Å²) in [5, 5.41) is 0. The Hall–Kier alpha value is -4.12. The third kappa shape index (κ3) is 5.19. The Kier molecular flexibility index (Phi) is 7.78. The Morgan fingerprint density at radius 1 is 0.771 bits per heavy atom. The minimum atomic E-state index is -0.0987. The highest BCUT2D eigenvalue weighted by molar-refractivity contribution is 6.15. The highest BCUT2D eigenvalue weighted by Crippen LogP contribution is 2.47. The Morgan fingerprint density at radius 3 is 2.20 bits per heavy atom. The molecular formula is C30H29NO4. The van der Waals surface area contributed by atoms with Crippen LogP contribution >= 0.6 is 0 Å². The van der Waals surface area contributed by atoms with Crippen LogP contribution in [0.3, 0.4) is 0 Å². The molecule has 0 aliphatic carbocycles. The van der Waals surface area contributed by atoms with Crippen LogP contribution in [0.2, 0.25) is 0 Å². The van der Waals surface area contributed by atoms with E-state index in [2.05, 4.69) is 29.2 Å². The van der Waals surface area contributed by atoms with Gasteiger partial charge in [-0.25, -0.2) is 0 Å². The topological polar surface area (TPSA) is 57.7 Å². The minimum absolute atomic E-state index is 0.0987. The second-order valence-electron chi connectivity index (χ2n) is 8.14. The number of pyridine rings is 1. The molecule has 35 heavy (non-hydrogen) atoms. The van der Waals surface area contributed by atoms with Crippen LogP contribution in [-0.2, 0) is 12.8 Å². The lowest BCUT2D eigenvalue weighted by Gasteiger charge is -2.20. The number of carbonyl (C=O) groups is 1. The van der Waals surface area contributed by atoms with Crippen molar-refractivity contribution in [2.45, 2.75) is 19.3 Å². The van der Waals surface area contributed by atoms with E-state index in [0.29, 0.717) is 33.9 Å². The van der Waals surface area contributed by atoms with Gasteiger partial charge in [-0.05, 0) is 42.5 Å². The summed E-state index contributed by atoms with van der Waals surface area (Å²) in [6, 6.07) is 23.6. The van der Waals surface area contributed by atoms with E-state index in [4.69, 9.17) is 14.2 Å². The summed E-state index contributed by atoms with van der Waals surface area (Å²) in [5.74, 6) is 1.20. The number of nitrogens with zero attached hydrogens (tertiary/aromatic N) is 1. The summed E-state index contributed by atoms with van der Waals surface area (Å²) in [6.45, 7) is 0. The fraction of sp³-hybridized carbons (Fsp3) is 0.200. The minimum Gasteiger partial charge on any atom is -0.493 e. The van der Waals surface area contributed by atoms with E-state index in [9.17, 15) is 4.79 Å². The highest BCUT2D eigenvalue weighted by Gasteiger charge is 2.27. The standard InChI is InChI=1S/C30H29NO4/c1-33-26-19-25(27(23-16-10-18-31-20-23)30(35-3)29(26)34-2)28(32)24-17-8-7-14-22(24)15-9-13-21-11-5-4-6-12-21/h4-8,10-12,14,16-20H,9,13,15H2,1-3H3. The van der Waals surface area contributed by atoms with E-state index in [-0.39, 0.29) is 5.78 Å². The monoisotopic (exact) mass is 467 g/mol. The number of methoxy groups -OCH3 is 3. The van der Waals surface area contributed by atoms with Gasteiger partial charge in [0.15, 0.2) is 17.3 Å². The second-order valence-corrected chi connectivity index (χ2v) is 8.14. The molecule has 5 nitrogen and oxygen atoms in total. The van der Waals surface area contributed by atoms with Crippen LogP contribution in [-0.4, -0.2) is 32.1 Å². The van der Waals surface area contributed by atoms with Gasteiger partial charge >= 0.3 is 0 Å². The molecule has 0 spiro atoms. The molecular weight excluding hydrogens is 438 g/mol. The maximum atomic E-state index is 14.1. The maximum absolute atomic E-state index is 14.1. The first-order chi connectivity index (χ1) is 17.2. The van der Waals surface area contributed by atoms with E-state index in [1.54, 1.807) is 39.8 Å². The number of aromatic nitrogens is 1. The maximum Gasteiger partial charge on any atom is 0.203 e. The Bertz CT molecular complexity index is 1290. The van der Waals surface area contributed by atoms with Gasteiger partial charge in [-0.2, -0.15) is 0 Å². The number of benzene rings is 3. The van der Waals surface area contributed by atoms with E-state index >= 15 is 0 Å². The van der Waals surface area contributed by atoms with Crippen molar-refractivity contribution in [3.63, 3.8) is 0 Å². The summed E-state index contributed by atoms with van der Waals surface area (Å²) in [4.78, 5) is 18.3. The van der Waals surface area contributed by atoms with Crippen LogP contribution in [0.4, 0.5) is 0 Å². The molecule has 0 atom stereocenters. The first-order valence-corrected chi connectivity index (χ1v) is 11.6. The van der Waals surface area contributed by atoms with Crippen molar-refractivity contribution >= 4 is 5.78 Å². The van der Waals surface area contributed by atoms with Gasteiger partial charge in [0, 0.05) is 34.6 Å². The van der Waals surface area contributed by atoms with Crippen LogP contribution in [0.1, 0.15) is 33.5 Å². The molecule has 0 radical (unpaired) electrons. The molecule has 0 aliphatic heterocycles. The zero-order valence-corrected chi connectivity index (χ0v) is 20.3. The van der Waals surface area contributed by atoms with Gasteiger partial charge in [-0.15, -0.1) is 0 Å². The zero-order valence-electron chi connectivity index (χ0n) is 20.3. The molecule has 178 valence electrons. The summed E-state index contributed by atoms with van der Waals surface area (Å²) in [6.07, 6.45) is 6.10. The third-order valence-electron chi connectivity index (χ3n) is 6.04. The van der Waals surface area contributed by atoms with Crippen LogP contribution in [0.15, 0.2) is 85.2 Å². The van der Waals surface area contributed by atoms with Crippen molar-refractivity contribution in [2.75, 3.05) is 21.3 Å². The molecule has 0 unspecified atom stereocenters. The number of aryl methyl sites for hydroxylation is 2. The smallest absolute Gasteiger partial charge is 0.203 e.